The van der Waals surface area contributed by atoms with Gasteiger partial charge in [0.1, 0.15) is 5.65 Å². The standard InChI is InChI=1S/C20H18ClN3O3/c1-2-14-6-8-15(9-7-14)22-18(25)13-27-19(26)11-10-16-20(21)23-17-5-3-4-12-24(16)17/h3-12H,2,13H2,1H3,(H,22,25)/b11-10+. The monoisotopic (exact) mass is 383 g/mol. The summed E-state index contributed by atoms with van der Waals surface area (Å²) in [6.45, 7) is 1.68. The van der Waals surface area contributed by atoms with E-state index in [4.69, 9.17) is 16.3 Å². The molecule has 0 radical (unpaired) electrons. The molecule has 0 spiro atoms. The van der Waals surface area contributed by atoms with Crippen LogP contribution in [0.1, 0.15) is 18.2 Å². The average molecular weight is 384 g/mol. The number of pyridine rings is 1. The van der Waals surface area contributed by atoms with Crippen LogP contribution in [-0.2, 0) is 20.7 Å². The van der Waals surface area contributed by atoms with E-state index in [1.165, 1.54) is 17.7 Å². The molecular formula is C20H18ClN3O3. The number of carbonyl (C=O) groups is 2. The van der Waals surface area contributed by atoms with Gasteiger partial charge in [0.2, 0.25) is 0 Å². The Morgan fingerprint density at radius 1 is 1.22 bits per heavy atom. The molecule has 6 nitrogen and oxygen atoms in total. The van der Waals surface area contributed by atoms with E-state index in [0.717, 1.165) is 6.42 Å². The van der Waals surface area contributed by atoms with Gasteiger partial charge in [-0.3, -0.25) is 9.20 Å². The maximum atomic E-state index is 11.9. The van der Waals surface area contributed by atoms with Gasteiger partial charge in [0.05, 0.1) is 5.69 Å². The van der Waals surface area contributed by atoms with E-state index < -0.39 is 11.9 Å². The summed E-state index contributed by atoms with van der Waals surface area (Å²) in [4.78, 5) is 27.9. The maximum Gasteiger partial charge on any atom is 0.331 e. The number of rotatable bonds is 6. The Kier molecular flexibility index (Phi) is 5.88. The zero-order valence-electron chi connectivity index (χ0n) is 14.7. The second-order valence-corrected chi connectivity index (χ2v) is 6.11. The average Bonchev–Trinajstić information content (AvgIpc) is 3.00. The molecule has 0 saturated carbocycles. The van der Waals surface area contributed by atoms with E-state index in [1.807, 2.05) is 36.4 Å². The smallest absolute Gasteiger partial charge is 0.331 e. The van der Waals surface area contributed by atoms with E-state index in [9.17, 15) is 9.59 Å². The summed E-state index contributed by atoms with van der Waals surface area (Å²) in [5.41, 5.74) is 3.06. The lowest BCUT2D eigenvalue weighted by molar-refractivity contribution is -0.142. The van der Waals surface area contributed by atoms with Gasteiger partial charge in [-0.25, -0.2) is 9.78 Å². The van der Waals surface area contributed by atoms with Gasteiger partial charge in [-0.05, 0) is 42.3 Å². The Morgan fingerprint density at radius 2 is 2.00 bits per heavy atom. The highest BCUT2D eigenvalue weighted by Crippen LogP contribution is 2.18. The zero-order chi connectivity index (χ0) is 19.2. The number of benzene rings is 1. The number of hydrogen-bond acceptors (Lipinski definition) is 4. The highest BCUT2D eigenvalue weighted by molar-refractivity contribution is 6.31. The lowest BCUT2D eigenvalue weighted by atomic mass is 10.1. The minimum Gasteiger partial charge on any atom is -0.452 e. The van der Waals surface area contributed by atoms with Crippen LogP contribution < -0.4 is 5.32 Å². The Morgan fingerprint density at radius 3 is 2.74 bits per heavy atom. The van der Waals surface area contributed by atoms with Gasteiger partial charge in [-0.2, -0.15) is 0 Å². The van der Waals surface area contributed by atoms with E-state index >= 15 is 0 Å². The largest absolute Gasteiger partial charge is 0.452 e. The van der Waals surface area contributed by atoms with E-state index in [1.54, 1.807) is 16.7 Å². The van der Waals surface area contributed by atoms with Gasteiger partial charge in [0, 0.05) is 18.0 Å². The predicted molar refractivity (Wildman–Crippen MR) is 105 cm³/mol. The van der Waals surface area contributed by atoms with Crippen molar-refractivity contribution < 1.29 is 14.3 Å². The summed E-state index contributed by atoms with van der Waals surface area (Å²) in [5.74, 6) is -1.05. The second-order valence-electron chi connectivity index (χ2n) is 5.76. The van der Waals surface area contributed by atoms with Crippen LogP contribution in [0.5, 0.6) is 0 Å². The van der Waals surface area contributed by atoms with E-state index in [-0.39, 0.29) is 11.8 Å². The van der Waals surface area contributed by atoms with Crippen LogP contribution in [0.4, 0.5) is 5.69 Å². The number of fused-ring (bicyclic) bond motifs is 1. The Balaban J connectivity index is 1.54. The number of esters is 1. The molecule has 0 unspecified atom stereocenters. The maximum absolute atomic E-state index is 11.9. The predicted octanol–water partition coefficient (Wildman–Crippen LogP) is 3.75. The molecule has 7 heteroatoms. The van der Waals surface area contributed by atoms with Crippen molar-refractivity contribution in [3.05, 3.63) is 71.1 Å². The lowest BCUT2D eigenvalue weighted by Gasteiger charge is -2.06. The molecule has 1 N–H and O–H groups in total. The fourth-order valence-corrected chi connectivity index (χ4v) is 2.73. The van der Waals surface area contributed by atoms with Crippen molar-refractivity contribution in [3.63, 3.8) is 0 Å². The fraction of sp³-hybridized carbons (Fsp3) is 0.150. The van der Waals surface area contributed by atoms with Crippen molar-refractivity contribution in [3.8, 4) is 0 Å². The second kappa shape index (κ2) is 8.51. The van der Waals surface area contributed by atoms with Gasteiger partial charge >= 0.3 is 5.97 Å². The molecule has 3 rings (SSSR count). The quantitative estimate of drug-likeness (QED) is 0.519. The van der Waals surface area contributed by atoms with Crippen molar-refractivity contribution in [2.75, 3.05) is 11.9 Å². The Hall–Kier alpha value is -3.12. The molecule has 0 atom stereocenters. The number of imidazole rings is 1. The number of aryl methyl sites for hydroxylation is 1. The fourth-order valence-electron chi connectivity index (χ4n) is 2.49. The third-order valence-corrected chi connectivity index (χ3v) is 4.17. The minimum absolute atomic E-state index is 0.276. The number of hydrogen-bond donors (Lipinski definition) is 1. The summed E-state index contributed by atoms with van der Waals surface area (Å²) in [7, 11) is 0. The molecule has 0 aliphatic heterocycles. The van der Waals surface area contributed by atoms with Gasteiger partial charge in [0.25, 0.3) is 5.91 Å². The van der Waals surface area contributed by atoms with Crippen molar-refractivity contribution in [2.45, 2.75) is 13.3 Å². The lowest BCUT2D eigenvalue weighted by Crippen LogP contribution is -2.20. The van der Waals surface area contributed by atoms with E-state index in [0.29, 0.717) is 17.0 Å². The van der Waals surface area contributed by atoms with Crippen LogP contribution in [-0.4, -0.2) is 27.9 Å². The van der Waals surface area contributed by atoms with Crippen LogP contribution in [0, 0.1) is 0 Å². The highest BCUT2D eigenvalue weighted by atomic mass is 35.5. The summed E-state index contributed by atoms with van der Waals surface area (Å²) >= 11 is 6.09. The molecule has 0 aliphatic carbocycles. The van der Waals surface area contributed by atoms with Gasteiger partial charge in [-0.1, -0.05) is 36.7 Å². The first-order valence-electron chi connectivity index (χ1n) is 8.43. The first-order valence-corrected chi connectivity index (χ1v) is 8.81. The summed E-state index contributed by atoms with van der Waals surface area (Å²) in [6, 6.07) is 13.0. The third-order valence-electron chi connectivity index (χ3n) is 3.89. The number of halogens is 1. The number of aromatic nitrogens is 2. The highest BCUT2D eigenvalue weighted by Gasteiger charge is 2.09. The molecule has 138 valence electrons. The minimum atomic E-state index is -0.645. The first kappa shape index (κ1) is 18.7. The Labute approximate surface area is 161 Å². The van der Waals surface area contributed by atoms with Crippen LogP contribution in [0.25, 0.3) is 11.7 Å². The SMILES string of the molecule is CCc1ccc(NC(=O)COC(=O)/C=C/c2c(Cl)nc3ccccn23)cc1. The molecule has 0 saturated heterocycles. The number of ether oxygens (including phenoxy) is 1. The molecule has 1 aromatic carbocycles. The van der Waals surface area contributed by atoms with Crippen molar-refractivity contribution in [2.24, 2.45) is 0 Å². The molecule has 2 heterocycles. The molecule has 2 aromatic heterocycles. The van der Waals surface area contributed by atoms with Crippen molar-refractivity contribution in [1.82, 2.24) is 9.38 Å². The normalized spacial score (nSPS) is 11.0. The number of anilines is 1. The van der Waals surface area contributed by atoms with Crippen molar-refractivity contribution in [1.29, 1.82) is 0 Å². The molecule has 0 fully saturated rings. The van der Waals surface area contributed by atoms with Crippen LogP contribution in [0.2, 0.25) is 5.15 Å². The third kappa shape index (κ3) is 4.74. The summed E-state index contributed by atoms with van der Waals surface area (Å²) in [6.07, 6.45) is 5.43. The topological polar surface area (TPSA) is 72.7 Å². The molecular weight excluding hydrogens is 366 g/mol. The first-order chi connectivity index (χ1) is 13.1. The summed E-state index contributed by atoms with van der Waals surface area (Å²) < 4.78 is 6.71. The molecule has 3 aromatic rings. The Bertz CT molecular complexity index is 993. The summed E-state index contributed by atoms with van der Waals surface area (Å²) in [5, 5.41) is 2.95. The molecule has 0 bridgehead atoms. The van der Waals surface area contributed by atoms with E-state index in [2.05, 4.69) is 17.2 Å². The van der Waals surface area contributed by atoms with Crippen molar-refractivity contribution >= 4 is 40.9 Å². The number of amides is 1. The zero-order valence-corrected chi connectivity index (χ0v) is 15.4. The number of carbonyl (C=O) groups excluding carboxylic acids is 2. The molecule has 0 aliphatic rings. The molecule has 27 heavy (non-hydrogen) atoms. The van der Waals surface area contributed by atoms with Gasteiger partial charge < -0.3 is 10.1 Å². The van der Waals surface area contributed by atoms with Crippen LogP contribution in [0.3, 0.4) is 0 Å². The van der Waals surface area contributed by atoms with Gasteiger partial charge in [-0.15, -0.1) is 0 Å². The number of nitrogens with zero attached hydrogens (tertiary/aromatic N) is 2. The molecule has 1 amide bonds. The van der Waals surface area contributed by atoms with Gasteiger partial charge in [0.15, 0.2) is 11.8 Å². The van der Waals surface area contributed by atoms with Crippen LogP contribution in [0.15, 0.2) is 54.7 Å². The number of nitrogens with one attached hydrogen (secondary N) is 1. The van der Waals surface area contributed by atoms with Crippen LogP contribution >= 0.6 is 11.6 Å².